The largest absolute Gasteiger partial charge is 0.450 e. The molecular formula is C8H7F3N2O4. The first kappa shape index (κ1) is 13.1. The molecule has 3 amide bonds. The molecule has 0 aromatic rings. The number of carbonyl (C=O) groups is 4. The Bertz CT molecular complexity index is 391. The summed E-state index contributed by atoms with van der Waals surface area (Å²) in [5.41, 5.74) is 0. The van der Waals surface area contributed by atoms with Crippen molar-refractivity contribution in [2.45, 2.75) is 25.1 Å². The van der Waals surface area contributed by atoms with Gasteiger partial charge in [0.05, 0.1) is 12.8 Å². The molecule has 1 unspecified atom stereocenters. The van der Waals surface area contributed by atoms with Gasteiger partial charge in [0.1, 0.15) is 6.04 Å². The van der Waals surface area contributed by atoms with E-state index in [1.165, 1.54) is 0 Å². The van der Waals surface area contributed by atoms with E-state index in [2.05, 4.69) is 0 Å². The highest BCUT2D eigenvalue weighted by Gasteiger charge is 2.40. The van der Waals surface area contributed by atoms with Crippen molar-refractivity contribution in [1.82, 2.24) is 10.6 Å². The molecule has 0 spiro atoms. The molecule has 0 aliphatic carbocycles. The number of alkyl halides is 3. The van der Waals surface area contributed by atoms with Gasteiger partial charge in [-0.05, 0) is 0 Å². The van der Waals surface area contributed by atoms with Crippen LogP contribution >= 0.6 is 0 Å². The van der Waals surface area contributed by atoms with Gasteiger partial charge in [0.25, 0.3) is 0 Å². The van der Waals surface area contributed by atoms with Crippen LogP contribution in [0.1, 0.15) is 12.8 Å². The van der Waals surface area contributed by atoms with Crippen molar-refractivity contribution >= 4 is 23.5 Å². The third kappa shape index (κ3) is 3.54. The van der Waals surface area contributed by atoms with Crippen molar-refractivity contribution in [2.75, 3.05) is 0 Å². The second-order valence-corrected chi connectivity index (χ2v) is 3.33. The number of carbonyl (C=O) groups excluding carboxylic acids is 4. The van der Waals surface area contributed by atoms with Crippen molar-refractivity contribution < 1.29 is 32.3 Å². The average molecular weight is 252 g/mol. The second kappa shape index (κ2) is 4.52. The monoisotopic (exact) mass is 252 g/mol. The predicted molar refractivity (Wildman–Crippen MR) is 45.4 cm³/mol. The number of hydrogen-bond acceptors (Lipinski definition) is 4. The molecule has 1 aliphatic rings. The molecule has 0 radical (unpaired) electrons. The van der Waals surface area contributed by atoms with Gasteiger partial charge in [-0.25, -0.2) is 0 Å². The van der Waals surface area contributed by atoms with Crippen LogP contribution < -0.4 is 10.6 Å². The molecule has 1 heterocycles. The molecule has 1 atom stereocenters. The lowest BCUT2D eigenvalue weighted by Crippen LogP contribution is -2.42. The Kier molecular flexibility index (Phi) is 3.49. The number of amides is 3. The molecule has 17 heavy (non-hydrogen) atoms. The summed E-state index contributed by atoms with van der Waals surface area (Å²) in [5.74, 6) is -4.90. The second-order valence-electron chi connectivity index (χ2n) is 3.33. The molecule has 9 heteroatoms. The molecule has 0 aromatic carbocycles. The maximum absolute atomic E-state index is 11.8. The molecule has 0 aromatic heterocycles. The fraction of sp³-hybridized carbons (Fsp3) is 0.500. The summed E-state index contributed by atoms with van der Waals surface area (Å²) in [5, 5.41) is 3.73. The van der Waals surface area contributed by atoms with Gasteiger partial charge in [0.15, 0.2) is 0 Å². The topological polar surface area (TPSA) is 92.3 Å². The third-order valence-electron chi connectivity index (χ3n) is 1.94. The first-order valence-electron chi connectivity index (χ1n) is 4.43. The SMILES string of the molecule is O=C1CC(NC(=O)CC(=O)C(F)(F)F)C(=O)N1. The summed E-state index contributed by atoms with van der Waals surface area (Å²) >= 11 is 0. The number of rotatable bonds is 3. The van der Waals surface area contributed by atoms with Crippen LogP contribution in [0.3, 0.4) is 0 Å². The Balaban J connectivity index is 2.48. The van der Waals surface area contributed by atoms with Crippen LogP contribution in [0, 0.1) is 0 Å². The highest BCUT2D eigenvalue weighted by Crippen LogP contribution is 2.17. The maximum Gasteiger partial charge on any atom is 0.450 e. The van der Waals surface area contributed by atoms with E-state index in [9.17, 15) is 32.3 Å². The van der Waals surface area contributed by atoms with Crippen molar-refractivity contribution in [2.24, 2.45) is 0 Å². The summed E-state index contributed by atoms with van der Waals surface area (Å²) in [6, 6.07) is -1.21. The van der Waals surface area contributed by atoms with Crippen LogP contribution in [0.25, 0.3) is 0 Å². The zero-order valence-electron chi connectivity index (χ0n) is 8.26. The van der Waals surface area contributed by atoms with Gasteiger partial charge in [0.2, 0.25) is 23.5 Å². The van der Waals surface area contributed by atoms with Crippen molar-refractivity contribution in [3.05, 3.63) is 0 Å². The normalized spacial score (nSPS) is 20.1. The van der Waals surface area contributed by atoms with Gasteiger partial charge in [-0.1, -0.05) is 0 Å². The van der Waals surface area contributed by atoms with Gasteiger partial charge in [-0.3, -0.25) is 24.5 Å². The van der Waals surface area contributed by atoms with E-state index in [0.29, 0.717) is 0 Å². The number of halogens is 3. The smallest absolute Gasteiger partial charge is 0.343 e. The maximum atomic E-state index is 11.8. The minimum absolute atomic E-state index is 0.342. The van der Waals surface area contributed by atoms with Gasteiger partial charge in [-0.2, -0.15) is 13.2 Å². The minimum atomic E-state index is -5.09. The van der Waals surface area contributed by atoms with E-state index in [0.717, 1.165) is 0 Å². The molecule has 6 nitrogen and oxygen atoms in total. The Morgan fingerprint density at radius 1 is 1.35 bits per heavy atom. The van der Waals surface area contributed by atoms with Crippen LogP contribution in [0.15, 0.2) is 0 Å². The average Bonchev–Trinajstić information content (AvgIpc) is 2.43. The standard InChI is InChI=1S/C8H7F3N2O4/c9-8(10,11)4(14)2-6(16)12-3-1-5(15)13-7(3)17/h3H,1-2H2,(H,12,16)(H,13,15,17). The van der Waals surface area contributed by atoms with Gasteiger partial charge >= 0.3 is 6.18 Å². The highest BCUT2D eigenvalue weighted by molar-refractivity contribution is 6.08. The van der Waals surface area contributed by atoms with E-state index in [-0.39, 0.29) is 6.42 Å². The van der Waals surface area contributed by atoms with Crippen LogP contribution in [0.4, 0.5) is 13.2 Å². The Morgan fingerprint density at radius 2 is 1.94 bits per heavy atom. The number of imide groups is 1. The molecule has 1 aliphatic heterocycles. The third-order valence-corrected chi connectivity index (χ3v) is 1.94. The van der Waals surface area contributed by atoms with E-state index in [1.807, 2.05) is 10.6 Å². The fourth-order valence-electron chi connectivity index (χ4n) is 1.16. The lowest BCUT2D eigenvalue weighted by atomic mass is 10.2. The quantitative estimate of drug-likeness (QED) is 0.499. The summed E-state index contributed by atoms with van der Waals surface area (Å²) in [4.78, 5) is 43.1. The first-order valence-corrected chi connectivity index (χ1v) is 4.43. The highest BCUT2D eigenvalue weighted by atomic mass is 19.4. The fourth-order valence-corrected chi connectivity index (χ4v) is 1.16. The van der Waals surface area contributed by atoms with Crippen molar-refractivity contribution in [3.8, 4) is 0 Å². The number of hydrogen-bond donors (Lipinski definition) is 2. The molecule has 2 N–H and O–H groups in total. The molecule has 0 saturated carbocycles. The lowest BCUT2D eigenvalue weighted by Gasteiger charge is -2.09. The van der Waals surface area contributed by atoms with Crippen LogP contribution in [-0.4, -0.2) is 35.7 Å². The van der Waals surface area contributed by atoms with E-state index in [1.54, 1.807) is 0 Å². The molecule has 0 bridgehead atoms. The summed E-state index contributed by atoms with van der Waals surface area (Å²) in [7, 11) is 0. The molecular weight excluding hydrogens is 245 g/mol. The minimum Gasteiger partial charge on any atom is -0.343 e. The lowest BCUT2D eigenvalue weighted by molar-refractivity contribution is -0.172. The van der Waals surface area contributed by atoms with Crippen molar-refractivity contribution in [3.63, 3.8) is 0 Å². The van der Waals surface area contributed by atoms with Gasteiger partial charge < -0.3 is 5.32 Å². The predicted octanol–water partition coefficient (Wildman–Crippen LogP) is -0.961. The van der Waals surface area contributed by atoms with E-state index in [4.69, 9.17) is 0 Å². The summed E-state index contributed by atoms with van der Waals surface area (Å²) < 4.78 is 35.4. The molecule has 94 valence electrons. The van der Waals surface area contributed by atoms with Crippen molar-refractivity contribution in [1.29, 1.82) is 0 Å². The molecule has 1 saturated heterocycles. The number of Topliss-reactive ketones (excluding diaryl/α,β-unsaturated/α-hetero) is 1. The zero-order chi connectivity index (χ0) is 13.2. The zero-order valence-corrected chi connectivity index (χ0v) is 8.26. The first-order chi connectivity index (χ1) is 7.70. The van der Waals surface area contributed by atoms with Crippen LogP contribution in [0.2, 0.25) is 0 Å². The Morgan fingerprint density at radius 3 is 2.35 bits per heavy atom. The van der Waals surface area contributed by atoms with Gasteiger partial charge in [0, 0.05) is 0 Å². The van der Waals surface area contributed by atoms with Crippen LogP contribution in [0.5, 0.6) is 0 Å². The summed E-state index contributed by atoms with van der Waals surface area (Å²) in [6.07, 6.45) is -6.84. The Labute approximate surface area is 92.5 Å². The van der Waals surface area contributed by atoms with E-state index >= 15 is 0 Å². The van der Waals surface area contributed by atoms with Crippen LogP contribution in [-0.2, 0) is 19.2 Å². The van der Waals surface area contributed by atoms with E-state index < -0.39 is 42.1 Å². The number of nitrogens with one attached hydrogen (secondary N) is 2. The molecule has 1 rings (SSSR count). The molecule has 1 fully saturated rings. The van der Waals surface area contributed by atoms with Gasteiger partial charge in [-0.15, -0.1) is 0 Å². The number of ketones is 1. The Hall–Kier alpha value is -1.93. The summed E-state index contributed by atoms with van der Waals surface area (Å²) in [6.45, 7) is 0.